The second-order valence-corrected chi connectivity index (χ2v) is 6.28. The third kappa shape index (κ3) is 4.57. The summed E-state index contributed by atoms with van der Waals surface area (Å²) >= 11 is 0. The number of halogens is 1. The number of aromatic nitrogens is 2. The second kappa shape index (κ2) is 8.52. The maximum Gasteiger partial charge on any atom is 0.306 e. The number of carbonyl (C=O) groups is 1. The molecule has 0 N–H and O–H groups in total. The monoisotopic (exact) mass is 392 g/mol. The molecule has 2 aromatic heterocycles. The Labute approximate surface area is 165 Å². The molecule has 0 atom stereocenters. The van der Waals surface area contributed by atoms with Crippen LogP contribution in [0.2, 0.25) is 0 Å². The summed E-state index contributed by atoms with van der Waals surface area (Å²) in [6.07, 6.45) is 0.455. The van der Waals surface area contributed by atoms with Gasteiger partial charge in [-0.25, -0.2) is 4.39 Å². The highest BCUT2D eigenvalue weighted by Crippen LogP contribution is 2.25. The number of ether oxygens (including phenoxy) is 1. The van der Waals surface area contributed by atoms with E-state index >= 15 is 0 Å². The molecular formula is C22H17FN2O4. The molecule has 2 heterocycles. The quantitative estimate of drug-likeness (QED) is 0.420. The molecule has 7 heteroatoms. The van der Waals surface area contributed by atoms with E-state index in [9.17, 15) is 9.18 Å². The minimum Gasteiger partial charge on any atom is -0.461 e. The lowest BCUT2D eigenvalue weighted by molar-refractivity contribution is -0.145. The van der Waals surface area contributed by atoms with Gasteiger partial charge in [0.25, 0.3) is 5.89 Å². The van der Waals surface area contributed by atoms with Crippen molar-refractivity contribution in [3.05, 3.63) is 84.2 Å². The number of furan rings is 1. The van der Waals surface area contributed by atoms with Gasteiger partial charge in [0.2, 0.25) is 5.82 Å². The lowest BCUT2D eigenvalue weighted by Gasteiger charge is -2.01. The van der Waals surface area contributed by atoms with Gasteiger partial charge in [0, 0.05) is 12.0 Å². The molecule has 0 saturated carbocycles. The molecule has 0 radical (unpaired) electrons. The van der Waals surface area contributed by atoms with E-state index in [0.29, 0.717) is 29.3 Å². The molecule has 0 fully saturated rings. The lowest BCUT2D eigenvalue weighted by Crippen LogP contribution is -2.05. The van der Waals surface area contributed by atoms with E-state index < -0.39 is 5.97 Å². The highest BCUT2D eigenvalue weighted by molar-refractivity contribution is 5.69. The van der Waals surface area contributed by atoms with Crippen molar-refractivity contribution < 1.29 is 22.9 Å². The van der Waals surface area contributed by atoms with Crippen molar-refractivity contribution in [2.75, 3.05) is 0 Å². The Hall–Kier alpha value is -3.74. The Morgan fingerprint density at radius 1 is 1.00 bits per heavy atom. The van der Waals surface area contributed by atoms with Crippen molar-refractivity contribution in [3.8, 4) is 22.7 Å². The van der Waals surface area contributed by atoms with Crippen molar-refractivity contribution in [1.82, 2.24) is 10.1 Å². The van der Waals surface area contributed by atoms with E-state index in [-0.39, 0.29) is 24.7 Å². The first-order valence-corrected chi connectivity index (χ1v) is 9.06. The number of hydrogen-bond donors (Lipinski definition) is 0. The van der Waals surface area contributed by atoms with Gasteiger partial charge in [-0.2, -0.15) is 4.98 Å². The first-order valence-electron chi connectivity index (χ1n) is 9.06. The predicted octanol–water partition coefficient (Wildman–Crippen LogP) is 4.81. The van der Waals surface area contributed by atoms with Gasteiger partial charge in [-0.05, 0) is 24.3 Å². The van der Waals surface area contributed by atoms with Gasteiger partial charge in [-0.3, -0.25) is 4.79 Å². The zero-order valence-electron chi connectivity index (χ0n) is 15.4. The lowest BCUT2D eigenvalue weighted by atomic mass is 10.1. The molecule has 4 aromatic rings. The van der Waals surface area contributed by atoms with Gasteiger partial charge in [0.1, 0.15) is 17.3 Å². The van der Waals surface area contributed by atoms with Crippen LogP contribution in [0.5, 0.6) is 0 Å². The Balaban J connectivity index is 1.28. The fourth-order valence-corrected chi connectivity index (χ4v) is 2.78. The van der Waals surface area contributed by atoms with Crippen LogP contribution >= 0.6 is 0 Å². The minimum atomic E-state index is -0.423. The zero-order valence-corrected chi connectivity index (χ0v) is 15.4. The van der Waals surface area contributed by atoms with E-state index in [4.69, 9.17) is 13.7 Å². The van der Waals surface area contributed by atoms with E-state index in [1.165, 1.54) is 6.07 Å². The molecule has 6 nitrogen and oxygen atoms in total. The summed E-state index contributed by atoms with van der Waals surface area (Å²) in [4.78, 5) is 16.2. The van der Waals surface area contributed by atoms with Crippen LogP contribution in [0.4, 0.5) is 4.39 Å². The van der Waals surface area contributed by atoms with Crippen LogP contribution in [0, 0.1) is 5.82 Å². The maximum absolute atomic E-state index is 13.8. The molecule has 0 aliphatic heterocycles. The summed E-state index contributed by atoms with van der Waals surface area (Å²) in [7, 11) is 0. The Morgan fingerprint density at radius 2 is 1.79 bits per heavy atom. The highest BCUT2D eigenvalue weighted by Gasteiger charge is 2.13. The summed E-state index contributed by atoms with van der Waals surface area (Å²) in [5.41, 5.74) is 1.20. The Kier molecular flexibility index (Phi) is 5.47. The molecular weight excluding hydrogens is 375 g/mol. The summed E-state index contributed by atoms with van der Waals surface area (Å²) in [6, 6.07) is 19.1. The van der Waals surface area contributed by atoms with Crippen molar-refractivity contribution in [2.24, 2.45) is 0 Å². The van der Waals surface area contributed by atoms with Crippen LogP contribution in [0.25, 0.3) is 22.7 Å². The average Bonchev–Trinajstić information content (AvgIpc) is 3.41. The molecule has 0 unspecified atom stereocenters. The minimum absolute atomic E-state index is 0.0999. The van der Waals surface area contributed by atoms with E-state index in [0.717, 1.165) is 5.56 Å². The second-order valence-electron chi connectivity index (χ2n) is 6.28. The van der Waals surface area contributed by atoms with Gasteiger partial charge in [-0.1, -0.05) is 47.6 Å². The number of benzene rings is 2. The smallest absolute Gasteiger partial charge is 0.306 e. The van der Waals surface area contributed by atoms with Crippen molar-refractivity contribution >= 4 is 5.97 Å². The van der Waals surface area contributed by atoms with Crippen molar-refractivity contribution in [2.45, 2.75) is 19.4 Å². The fraction of sp³-hybridized carbons (Fsp3) is 0.136. The van der Waals surface area contributed by atoms with Crippen molar-refractivity contribution in [1.29, 1.82) is 0 Å². The van der Waals surface area contributed by atoms with Crippen LogP contribution in [0.1, 0.15) is 18.1 Å². The summed E-state index contributed by atoms with van der Waals surface area (Å²) < 4.78 is 29.7. The molecule has 0 aliphatic carbocycles. The first-order chi connectivity index (χ1) is 14.2. The molecule has 0 bridgehead atoms. The van der Waals surface area contributed by atoms with Crippen LogP contribution in [-0.4, -0.2) is 16.1 Å². The fourth-order valence-electron chi connectivity index (χ4n) is 2.78. The summed E-state index contributed by atoms with van der Waals surface area (Å²) in [5.74, 6) is 0.871. The van der Waals surface area contributed by atoms with Crippen LogP contribution in [-0.2, 0) is 22.6 Å². The van der Waals surface area contributed by atoms with Crippen molar-refractivity contribution in [3.63, 3.8) is 0 Å². The molecule has 0 aliphatic rings. The van der Waals surface area contributed by atoms with Crippen LogP contribution < -0.4 is 0 Å². The highest BCUT2D eigenvalue weighted by atomic mass is 19.1. The van der Waals surface area contributed by atoms with E-state index in [1.54, 1.807) is 30.3 Å². The average molecular weight is 392 g/mol. The molecule has 146 valence electrons. The topological polar surface area (TPSA) is 78.4 Å². The molecule has 29 heavy (non-hydrogen) atoms. The number of nitrogens with zero attached hydrogens (tertiary/aromatic N) is 2. The third-order valence-corrected chi connectivity index (χ3v) is 4.23. The summed E-state index contributed by atoms with van der Waals surface area (Å²) in [6.45, 7) is -0.0999. The van der Waals surface area contributed by atoms with E-state index in [2.05, 4.69) is 10.1 Å². The summed E-state index contributed by atoms with van der Waals surface area (Å²) in [5, 5.41) is 3.87. The number of esters is 1. The third-order valence-electron chi connectivity index (χ3n) is 4.23. The van der Waals surface area contributed by atoms with Gasteiger partial charge in [0.15, 0.2) is 6.61 Å². The predicted molar refractivity (Wildman–Crippen MR) is 102 cm³/mol. The van der Waals surface area contributed by atoms with Gasteiger partial charge in [-0.15, -0.1) is 0 Å². The van der Waals surface area contributed by atoms with Gasteiger partial charge >= 0.3 is 5.97 Å². The standard InChI is InChI=1S/C22H17FN2O4/c23-18-9-5-4-8-17(18)19-12-10-16(28-19)11-13-21(26)27-14-20-24-22(25-29-20)15-6-2-1-3-7-15/h1-10,12H,11,13-14H2. The zero-order chi connectivity index (χ0) is 20.1. The number of carbonyl (C=O) groups excluding carboxylic acids is 1. The molecule has 0 saturated heterocycles. The maximum atomic E-state index is 13.8. The van der Waals surface area contributed by atoms with Crippen LogP contribution in [0.3, 0.4) is 0 Å². The normalized spacial score (nSPS) is 10.8. The molecule has 0 amide bonds. The number of rotatable bonds is 7. The largest absolute Gasteiger partial charge is 0.461 e. The molecule has 4 rings (SSSR count). The SMILES string of the molecule is O=C(CCc1ccc(-c2ccccc2F)o1)OCc1nc(-c2ccccc2)no1. The van der Waals surface area contributed by atoms with Gasteiger partial charge < -0.3 is 13.7 Å². The van der Waals surface area contributed by atoms with Crippen LogP contribution in [0.15, 0.2) is 75.7 Å². The Bertz CT molecular complexity index is 1100. The molecule has 0 spiro atoms. The Morgan fingerprint density at radius 3 is 2.62 bits per heavy atom. The van der Waals surface area contributed by atoms with E-state index in [1.807, 2.05) is 30.3 Å². The number of hydrogen-bond acceptors (Lipinski definition) is 6. The van der Waals surface area contributed by atoms with Gasteiger partial charge in [0.05, 0.1) is 12.0 Å². The first kappa shape index (κ1) is 18.6. The molecule has 2 aromatic carbocycles. The number of aryl methyl sites for hydroxylation is 1.